The highest BCUT2D eigenvalue weighted by molar-refractivity contribution is 5.79. The second-order valence-corrected chi connectivity index (χ2v) is 5.11. The molecule has 0 aliphatic carbocycles. The van der Waals surface area contributed by atoms with Gasteiger partial charge in [0.15, 0.2) is 5.96 Å². The molecule has 1 atom stereocenters. The van der Waals surface area contributed by atoms with Gasteiger partial charge in [0.25, 0.3) is 0 Å². The molecule has 0 aliphatic rings. The van der Waals surface area contributed by atoms with Gasteiger partial charge in [-0.3, -0.25) is 9.88 Å². The number of hydrogen-bond acceptors (Lipinski definition) is 3. The number of rotatable bonds is 9. The minimum absolute atomic E-state index is 0.459. The molecule has 1 rings (SSSR count). The van der Waals surface area contributed by atoms with Crippen molar-refractivity contribution < 1.29 is 0 Å². The molecule has 0 amide bonds. The van der Waals surface area contributed by atoms with Gasteiger partial charge in [0.2, 0.25) is 0 Å². The molecule has 0 bridgehead atoms. The number of hydrogen-bond donors (Lipinski definition) is 2. The molecule has 0 unspecified atom stereocenters. The van der Waals surface area contributed by atoms with Crippen LogP contribution in [0.4, 0.5) is 0 Å². The number of nitrogens with one attached hydrogen (secondary N) is 2. The Morgan fingerprint density at radius 2 is 2.14 bits per heavy atom. The zero-order valence-corrected chi connectivity index (χ0v) is 14.0. The Balaban J connectivity index is 2.57. The van der Waals surface area contributed by atoms with Gasteiger partial charge in [0.05, 0.1) is 12.2 Å². The van der Waals surface area contributed by atoms with Crippen molar-refractivity contribution in [3.63, 3.8) is 0 Å². The first-order valence-corrected chi connectivity index (χ1v) is 7.98. The summed E-state index contributed by atoms with van der Waals surface area (Å²) in [5.41, 5.74) is 0.957. The normalized spacial score (nSPS) is 13.0. The van der Waals surface area contributed by atoms with Crippen LogP contribution in [0.3, 0.4) is 0 Å². The van der Waals surface area contributed by atoms with Gasteiger partial charge in [-0.1, -0.05) is 26.0 Å². The molecule has 0 aromatic carbocycles. The van der Waals surface area contributed by atoms with Crippen LogP contribution >= 0.6 is 0 Å². The van der Waals surface area contributed by atoms with Crippen molar-refractivity contribution in [1.82, 2.24) is 20.5 Å². The highest BCUT2D eigenvalue weighted by atomic mass is 15.2. The maximum Gasteiger partial charge on any atom is 0.191 e. The standard InChI is InChI=1S/C17H29N5/c1-5-11-19-17(20-13-15(4)22(6-2)7-3)21-14-16-10-8-9-12-18-16/h5,8-10,12,15H,1,6-7,11,13-14H2,2-4H3,(H2,19,20,21)/t15-/m0/s1. The van der Waals surface area contributed by atoms with Gasteiger partial charge in [0, 0.05) is 25.3 Å². The molecular weight excluding hydrogens is 274 g/mol. The second kappa shape index (κ2) is 10.8. The van der Waals surface area contributed by atoms with Gasteiger partial charge in [-0.25, -0.2) is 4.99 Å². The third-order valence-corrected chi connectivity index (χ3v) is 3.54. The molecule has 0 fully saturated rings. The summed E-state index contributed by atoms with van der Waals surface area (Å²) in [6.07, 6.45) is 3.61. The predicted molar refractivity (Wildman–Crippen MR) is 94.0 cm³/mol. The van der Waals surface area contributed by atoms with E-state index in [-0.39, 0.29) is 0 Å². The molecule has 0 spiro atoms. The Kier molecular flexibility index (Phi) is 8.91. The first kappa shape index (κ1) is 18.2. The van der Waals surface area contributed by atoms with Crippen molar-refractivity contribution in [2.75, 3.05) is 26.2 Å². The monoisotopic (exact) mass is 303 g/mol. The predicted octanol–water partition coefficient (Wildman–Crippen LogP) is 2.03. The van der Waals surface area contributed by atoms with Crippen LogP contribution in [0.5, 0.6) is 0 Å². The van der Waals surface area contributed by atoms with Crippen LogP contribution in [0, 0.1) is 0 Å². The third kappa shape index (κ3) is 6.72. The Bertz CT molecular complexity index is 440. The first-order valence-electron chi connectivity index (χ1n) is 7.98. The van der Waals surface area contributed by atoms with Gasteiger partial charge < -0.3 is 10.6 Å². The minimum atomic E-state index is 0.459. The summed E-state index contributed by atoms with van der Waals surface area (Å²) >= 11 is 0. The summed E-state index contributed by atoms with van der Waals surface area (Å²) in [5.74, 6) is 0.796. The highest BCUT2D eigenvalue weighted by Gasteiger charge is 2.10. The van der Waals surface area contributed by atoms with E-state index in [9.17, 15) is 0 Å². The van der Waals surface area contributed by atoms with E-state index in [2.05, 4.69) is 52.9 Å². The Hall–Kier alpha value is -1.88. The fraction of sp³-hybridized carbons (Fsp3) is 0.529. The SMILES string of the molecule is C=CCNC(=NCc1ccccn1)NC[C@H](C)N(CC)CC. The van der Waals surface area contributed by atoms with Gasteiger partial charge >= 0.3 is 0 Å². The fourth-order valence-electron chi connectivity index (χ4n) is 2.22. The van der Waals surface area contributed by atoms with Crippen molar-refractivity contribution >= 4 is 5.96 Å². The number of pyridine rings is 1. The van der Waals surface area contributed by atoms with Gasteiger partial charge in [-0.15, -0.1) is 6.58 Å². The Labute approximate surface area is 134 Å². The average Bonchev–Trinajstić information content (AvgIpc) is 2.56. The average molecular weight is 303 g/mol. The Morgan fingerprint density at radius 3 is 2.73 bits per heavy atom. The molecule has 0 saturated carbocycles. The summed E-state index contributed by atoms with van der Waals surface area (Å²) in [5, 5.41) is 6.64. The molecule has 5 nitrogen and oxygen atoms in total. The topological polar surface area (TPSA) is 52.6 Å². The summed E-state index contributed by atoms with van der Waals surface area (Å²) in [6, 6.07) is 6.33. The summed E-state index contributed by atoms with van der Waals surface area (Å²) in [7, 11) is 0. The van der Waals surface area contributed by atoms with E-state index in [0.717, 1.165) is 31.3 Å². The van der Waals surface area contributed by atoms with Crippen LogP contribution in [-0.2, 0) is 6.54 Å². The largest absolute Gasteiger partial charge is 0.355 e. The summed E-state index contributed by atoms with van der Waals surface area (Å²) in [4.78, 5) is 11.3. The zero-order valence-electron chi connectivity index (χ0n) is 14.0. The molecule has 2 N–H and O–H groups in total. The van der Waals surface area contributed by atoms with Crippen molar-refractivity contribution in [2.24, 2.45) is 4.99 Å². The number of guanidine groups is 1. The number of aromatic nitrogens is 1. The molecule has 5 heteroatoms. The van der Waals surface area contributed by atoms with E-state index >= 15 is 0 Å². The molecular formula is C17H29N5. The number of likely N-dealkylation sites (N-methyl/N-ethyl adjacent to an activating group) is 1. The lowest BCUT2D eigenvalue weighted by Crippen LogP contribution is -2.46. The van der Waals surface area contributed by atoms with Gasteiger partial charge in [-0.05, 0) is 32.1 Å². The van der Waals surface area contributed by atoms with Crippen LogP contribution in [0.15, 0.2) is 42.0 Å². The summed E-state index contributed by atoms with van der Waals surface area (Å²) < 4.78 is 0. The van der Waals surface area contributed by atoms with E-state index in [0.29, 0.717) is 19.1 Å². The molecule has 22 heavy (non-hydrogen) atoms. The maximum atomic E-state index is 4.58. The lowest BCUT2D eigenvalue weighted by atomic mass is 10.3. The number of aliphatic imine (C=N–C) groups is 1. The smallest absolute Gasteiger partial charge is 0.191 e. The first-order chi connectivity index (χ1) is 10.7. The Morgan fingerprint density at radius 1 is 1.36 bits per heavy atom. The molecule has 122 valence electrons. The molecule has 0 aliphatic heterocycles. The van der Waals surface area contributed by atoms with Crippen molar-refractivity contribution in [3.05, 3.63) is 42.7 Å². The van der Waals surface area contributed by atoms with E-state index in [1.54, 1.807) is 6.20 Å². The van der Waals surface area contributed by atoms with E-state index in [1.165, 1.54) is 0 Å². The van der Waals surface area contributed by atoms with E-state index in [4.69, 9.17) is 0 Å². The minimum Gasteiger partial charge on any atom is -0.355 e. The van der Waals surface area contributed by atoms with Crippen LogP contribution in [0.1, 0.15) is 26.5 Å². The van der Waals surface area contributed by atoms with Gasteiger partial charge in [0.1, 0.15) is 0 Å². The van der Waals surface area contributed by atoms with E-state index < -0.39 is 0 Å². The lowest BCUT2D eigenvalue weighted by molar-refractivity contribution is 0.231. The van der Waals surface area contributed by atoms with Crippen LogP contribution < -0.4 is 10.6 Å². The number of nitrogens with zero attached hydrogens (tertiary/aromatic N) is 3. The maximum absolute atomic E-state index is 4.58. The molecule has 0 saturated heterocycles. The summed E-state index contributed by atoms with van der Waals surface area (Å²) in [6.45, 7) is 14.5. The molecule has 1 aromatic heterocycles. The van der Waals surface area contributed by atoms with Crippen molar-refractivity contribution in [1.29, 1.82) is 0 Å². The molecule has 1 heterocycles. The van der Waals surface area contributed by atoms with Crippen molar-refractivity contribution in [2.45, 2.75) is 33.4 Å². The van der Waals surface area contributed by atoms with Gasteiger partial charge in [-0.2, -0.15) is 0 Å². The molecule has 0 radical (unpaired) electrons. The zero-order chi connectivity index (χ0) is 16.2. The van der Waals surface area contributed by atoms with Crippen LogP contribution in [0.2, 0.25) is 0 Å². The van der Waals surface area contributed by atoms with Crippen LogP contribution in [-0.4, -0.2) is 48.1 Å². The van der Waals surface area contributed by atoms with E-state index in [1.807, 2.05) is 24.3 Å². The van der Waals surface area contributed by atoms with Crippen molar-refractivity contribution in [3.8, 4) is 0 Å². The third-order valence-electron chi connectivity index (χ3n) is 3.54. The fourth-order valence-corrected chi connectivity index (χ4v) is 2.22. The van der Waals surface area contributed by atoms with Crippen LogP contribution in [0.25, 0.3) is 0 Å². The quantitative estimate of drug-likeness (QED) is 0.416. The molecule has 1 aromatic rings. The second-order valence-electron chi connectivity index (χ2n) is 5.11. The highest BCUT2D eigenvalue weighted by Crippen LogP contribution is 1.98. The lowest BCUT2D eigenvalue weighted by Gasteiger charge is -2.27.